The number of nitrogens with zero attached hydrogens (tertiary/aromatic N) is 4. The Morgan fingerprint density at radius 2 is 1.79 bits per heavy atom. The zero-order valence-corrected chi connectivity index (χ0v) is 10.1. The highest BCUT2D eigenvalue weighted by atomic mass is 15.4. The molecule has 0 bridgehead atoms. The van der Waals surface area contributed by atoms with E-state index in [-0.39, 0.29) is 0 Å². The molecule has 0 saturated heterocycles. The molecule has 0 saturated carbocycles. The van der Waals surface area contributed by atoms with Crippen LogP contribution in [0.15, 0.2) is 61.1 Å². The smallest absolute Gasteiger partial charge is 0.218 e. The van der Waals surface area contributed by atoms with E-state index in [0.29, 0.717) is 5.56 Å². The normalized spacial score (nSPS) is 13.6. The van der Waals surface area contributed by atoms with E-state index >= 15 is 0 Å². The number of pyridine rings is 1. The van der Waals surface area contributed by atoms with Crippen molar-refractivity contribution in [3.05, 3.63) is 73.3 Å². The van der Waals surface area contributed by atoms with E-state index in [1.165, 1.54) is 0 Å². The van der Waals surface area contributed by atoms with Gasteiger partial charge in [0.05, 0.1) is 11.6 Å². The molecule has 1 aliphatic heterocycles. The second-order valence-electron chi connectivity index (χ2n) is 3.98. The summed E-state index contributed by atoms with van der Waals surface area (Å²) in [6.07, 6.45) is 5.53. The molecule has 1 aromatic heterocycles. The summed E-state index contributed by atoms with van der Waals surface area (Å²) in [7, 11) is 0. The van der Waals surface area contributed by atoms with E-state index in [2.05, 4.69) is 17.7 Å². The standard InChI is InChI=1S/C15H10N4/c16-11-13-4-6-14(7-5-13)18-9-10-19(12-18)15-3-1-2-8-17-15/h1-10H. The van der Waals surface area contributed by atoms with E-state index in [1.54, 1.807) is 18.3 Å². The van der Waals surface area contributed by atoms with Gasteiger partial charge in [-0.05, 0) is 36.4 Å². The van der Waals surface area contributed by atoms with Crippen LogP contribution in [-0.2, 0) is 0 Å². The van der Waals surface area contributed by atoms with E-state index < -0.39 is 0 Å². The molecule has 19 heavy (non-hydrogen) atoms. The summed E-state index contributed by atoms with van der Waals surface area (Å²) in [5.41, 5.74) is 1.60. The first-order valence-electron chi connectivity index (χ1n) is 5.81. The lowest BCUT2D eigenvalue weighted by Crippen LogP contribution is -2.18. The lowest BCUT2D eigenvalue weighted by molar-refractivity contribution is 1.07. The largest absolute Gasteiger partial charge is 0.315 e. The molecule has 0 spiro atoms. The molecule has 0 amide bonds. The second kappa shape index (κ2) is 4.83. The molecule has 0 aliphatic carbocycles. The molecule has 4 heteroatoms. The first-order valence-corrected chi connectivity index (χ1v) is 5.81. The van der Waals surface area contributed by atoms with Crippen molar-refractivity contribution in [1.29, 1.82) is 5.26 Å². The van der Waals surface area contributed by atoms with Crippen molar-refractivity contribution in [3.63, 3.8) is 0 Å². The van der Waals surface area contributed by atoms with Gasteiger partial charge in [0.1, 0.15) is 5.82 Å². The number of anilines is 2. The molecule has 0 fully saturated rings. The average molecular weight is 246 g/mol. The first-order chi connectivity index (χ1) is 9.36. The molecule has 1 aromatic carbocycles. The average Bonchev–Trinajstić information content (AvgIpc) is 2.98. The quantitative estimate of drug-likeness (QED) is 0.817. The van der Waals surface area contributed by atoms with E-state index in [9.17, 15) is 0 Å². The van der Waals surface area contributed by atoms with Crippen molar-refractivity contribution in [3.8, 4) is 6.07 Å². The molecule has 2 aromatic rings. The van der Waals surface area contributed by atoms with Gasteiger partial charge in [-0.15, -0.1) is 0 Å². The summed E-state index contributed by atoms with van der Waals surface area (Å²) in [5.74, 6) is 0.815. The van der Waals surface area contributed by atoms with Gasteiger partial charge in [0.15, 0.2) is 0 Å². The summed E-state index contributed by atoms with van der Waals surface area (Å²) >= 11 is 0. The van der Waals surface area contributed by atoms with Gasteiger partial charge in [0, 0.05) is 24.3 Å². The molecule has 3 rings (SSSR count). The predicted molar refractivity (Wildman–Crippen MR) is 72.7 cm³/mol. The number of rotatable bonds is 2. The summed E-state index contributed by atoms with van der Waals surface area (Å²) in [6, 6.07) is 15.2. The van der Waals surface area contributed by atoms with Gasteiger partial charge in [0.2, 0.25) is 6.67 Å². The fourth-order valence-electron chi connectivity index (χ4n) is 1.78. The SMILES string of the molecule is N#Cc1ccc(N2[C]N(c3ccccn3)C=C2)cc1. The zero-order valence-electron chi connectivity index (χ0n) is 10.1. The number of aromatic nitrogens is 1. The maximum Gasteiger partial charge on any atom is 0.218 e. The van der Waals surface area contributed by atoms with Crippen LogP contribution in [0.5, 0.6) is 0 Å². The molecule has 90 valence electrons. The molecule has 0 N–H and O–H groups in total. The van der Waals surface area contributed by atoms with Gasteiger partial charge in [-0.1, -0.05) is 6.07 Å². The molecule has 4 nitrogen and oxygen atoms in total. The minimum atomic E-state index is 0.647. The number of hydrogen-bond donors (Lipinski definition) is 0. The Morgan fingerprint density at radius 1 is 1.00 bits per heavy atom. The monoisotopic (exact) mass is 246 g/mol. The van der Waals surface area contributed by atoms with Gasteiger partial charge in [-0.25, -0.2) is 4.98 Å². The number of benzene rings is 1. The van der Waals surface area contributed by atoms with E-state index in [1.807, 2.05) is 52.5 Å². The Labute approximate surface area is 111 Å². The summed E-state index contributed by atoms with van der Waals surface area (Å²) in [6.45, 7) is 3.17. The van der Waals surface area contributed by atoms with Crippen molar-refractivity contribution in [2.24, 2.45) is 0 Å². The van der Waals surface area contributed by atoms with Crippen molar-refractivity contribution >= 4 is 11.5 Å². The molecule has 0 atom stereocenters. The van der Waals surface area contributed by atoms with Gasteiger partial charge < -0.3 is 4.90 Å². The Kier molecular flexibility index (Phi) is 2.87. The Bertz CT molecular complexity index is 625. The number of hydrogen-bond acceptors (Lipinski definition) is 4. The van der Waals surface area contributed by atoms with Gasteiger partial charge >= 0.3 is 0 Å². The summed E-state index contributed by atoms with van der Waals surface area (Å²) in [5, 5.41) is 8.77. The highest BCUT2D eigenvalue weighted by Crippen LogP contribution is 2.25. The van der Waals surface area contributed by atoms with Crippen LogP contribution < -0.4 is 9.80 Å². The van der Waals surface area contributed by atoms with Crippen molar-refractivity contribution in [1.82, 2.24) is 4.98 Å². The van der Waals surface area contributed by atoms with Crippen molar-refractivity contribution in [2.75, 3.05) is 9.80 Å². The fraction of sp³-hybridized carbons (Fsp3) is 0. The van der Waals surface area contributed by atoms with Crippen LogP contribution in [-0.4, -0.2) is 4.98 Å². The minimum Gasteiger partial charge on any atom is -0.315 e. The Balaban J connectivity index is 1.76. The van der Waals surface area contributed by atoms with Crippen LogP contribution in [0.3, 0.4) is 0 Å². The van der Waals surface area contributed by atoms with Gasteiger partial charge in [-0.2, -0.15) is 5.26 Å². The third kappa shape index (κ3) is 2.26. The second-order valence-corrected chi connectivity index (χ2v) is 3.98. The van der Waals surface area contributed by atoms with Crippen LogP contribution in [0.4, 0.5) is 11.5 Å². The van der Waals surface area contributed by atoms with E-state index in [0.717, 1.165) is 11.5 Å². The number of nitriles is 1. The van der Waals surface area contributed by atoms with Crippen molar-refractivity contribution < 1.29 is 0 Å². The minimum absolute atomic E-state index is 0.647. The lowest BCUT2D eigenvalue weighted by Gasteiger charge is -2.18. The molecular formula is C15H10N4. The third-order valence-corrected chi connectivity index (χ3v) is 2.75. The highest BCUT2D eigenvalue weighted by molar-refractivity contribution is 5.60. The molecular weight excluding hydrogens is 236 g/mol. The molecule has 2 radical (unpaired) electrons. The highest BCUT2D eigenvalue weighted by Gasteiger charge is 2.18. The van der Waals surface area contributed by atoms with Crippen LogP contribution >= 0.6 is 0 Å². The van der Waals surface area contributed by atoms with Gasteiger partial charge in [0.25, 0.3) is 0 Å². The van der Waals surface area contributed by atoms with Crippen molar-refractivity contribution in [2.45, 2.75) is 0 Å². The molecule has 1 aliphatic rings. The van der Waals surface area contributed by atoms with Gasteiger partial charge in [-0.3, -0.25) is 4.90 Å². The maximum atomic E-state index is 8.77. The maximum absolute atomic E-state index is 8.77. The van der Waals surface area contributed by atoms with Crippen LogP contribution in [0.2, 0.25) is 0 Å². The van der Waals surface area contributed by atoms with E-state index in [4.69, 9.17) is 5.26 Å². The summed E-state index contributed by atoms with van der Waals surface area (Å²) < 4.78 is 0. The van der Waals surface area contributed by atoms with Crippen LogP contribution in [0, 0.1) is 18.0 Å². The zero-order chi connectivity index (χ0) is 13.1. The Hall–Kier alpha value is -2.80. The lowest BCUT2D eigenvalue weighted by atomic mass is 10.2. The predicted octanol–water partition coefficient (Wildman–Crippen LogP) is 2.75. The first kappa shape index (κ1) is 11.3. The fourth-order valence-corrected chi connectivity index (χ4v) is 1.78. The van der Waals surface area contributed by atoms with Crippen LogP contribution in [0.1, 0.15) is 5.56 Å². The topological polar surface area (TPSA) is 43.2 Å². The summed E-state index contributed by atoms with van der Waals surface area (Å²) in [4.78, 5) is 7.93. The molecule has 0 unspecified atom stereocenters. The Morgan fingerprint density at radius 3 is 2.47 bits per heavy atom. The van der Waals surface area contributed by atoms with Crippen LogP contribution in [0.25, 0.3) is 0 Å². The third-order valence-electron chi connectivity index (χ3n) is 2.75. The molecule has 2 heterocycles.